The highest BCUT2D eigenvalue weighted by atomic mass is 32.2. The molecule has 3 rings (SSSR count). The number of amides is 1. The van der Waals surface area contributed by atoms with Crippen molar-refractivity contribution in [2.75, 3.05) is 46.1 Å². The Morgan fingerprint density at radius 3 is 2.80 bits per heavy atom. The number of ether oxygens (including phenoxy) is 1. The lowest BCUT2D eigenvalue weighted by atomic mass is 10.2. The highest BCUT2D eigenvalue weighted by Gasteiger charge is 2.45. The lowest BCUT2D eigenvalue weighted by molar-refractivity contribution is -0.129. The van der Waals surface area contributed by atoms with Gasteiger partial charge in [-0.15, -0.1) is 0 Å². The molecule has 0 saturated carbocycles. The minimum Gasteiger partial charge on any atom is -0.374 e. The summed E-state index contributed by atoms with van der Waals surface area (Å²) in [4.78, 5) is 15.7. The summed E-state index contributed by atoms with van der Waals surface area (Å²) in [5, 5.41) is 4.16. The van der Waals surface area contributed by atoms with Gasteiger partial charge in [0.15, 0.2) is 0 Å². The zero-order chi connectivity index (χ0) is 18.2. The Morgan fingerprint density at radius 1 is 1.40 bits per heavy atom. The van der Waals surface area contributed by atoms with Crippen LogP contribution in [0.1, 0.15) is 5.56 Å². The third kappa shape index (κ3) is 4.02. The largest absolute Gasteiger partial charge is 0.374 e. The number of aromatic nitrogens is 2. The second kappa shape index (κ2) is 7.02. The summed E-state index contributed by atoms with van der Waals surface area (Å²) in [6.07, 6.45) is 3.53. The van der Waals surface area contributed by atoms with Crippen LogP contribution in [0.25, 0.3) is 0 Å². The summed E-state index contributed by atoms with van der Waals surface area (Å²) in [6, 6.07) is -0.340. The van der Waals surface area contributed by atoms with Gasteiger partial charge in [0.1, 0.15) is 0 Å². The number of rotatable bonds is 4. The average molecular weight is 371 g/mol. The van der Waals surface area contributed by atoms with Gasteiger partial charge < -0.3 is 9.64 Å². The molecule has 1 aromatic heterocycles. The molecule has 0 N–H and O–H groups in total. The fraction of sp³-hybridized carbons (Fsp3) is 0.733. The van der Waals surface area contributed by atoms with E-state index >= 15 is 0 Å². The van der Waals surface area contributed by atoms with Gasteiger partial charge in [-0.2, -0.15) is 9.40 Å². The minimum absolute atomic E-state index is 0.0800. The van der Waals surface area contributed by atoms with Crippen LogP contribution in [-0.2, 0) is 33.1 Å². The van der Waals surface area contributed by atoms with E-state index in [1.54, 1.807) is 25.0 Å². The van der Waals surface area contributed by atoms with Crippen molar-refractivity contribution in [1.82, 2.24) is 23.9 Å². The molecule has 2 aliphatic heterocycles. The first kappa shape index (κ1) is 18.3. The van der Waals surface area contributed by atoms with Gasteiger partial charge in [-0.25, -0.2) is 8.42 Å². The van der Waals surface area contributed by atoms with Gasteiger partial charge >= 0.3 is 0 Å². The summed E-state index contributed by atoms with van der Waals surface area (Å²) in [5.74, 6) is -0.307. The molecule has 3 heterocycles. The molecular weight excluding hydrogens is 346 g/mol. The second-order valence-electron chi connectivity index (χ2n) is 6.84. The highest BCUT2D eigenvalue weighted by molar-refractivity contribution is 7.89. The predicted molar refractivity (Wildman–Crippen MR) is 91.2 cm³/mol. The number of fused-ring (bicyclic) bond motifs is 1. The van der Waals surface area contributed by atoms with E-state index in [1.807, 2.05) is 13.2 Å². The Morgan fingerprint density at radius 2 is 2.16 bits per heavy atom. The molecule has 2 fully saturated rings. The van der Waals surface area contributed by atoms with Crippen molar-refractivity contribution in [2.24, 2.45) is 7.05 Å². The zero-order valence-electron chi connectivity index (χ0n) is 14.8. The smallest absolute Gasteiger partial charge is 0.237 e. The molecule has 0 spiro atoms. The van der Waals surface area contributed by atoms with Crippen LogP contribution in [0, 0.1) is 0 Å². The number of likely N-dealkylation sites (tertiary alicyclic amines) is 1. The summed E-state index contributed by atoms with van der Waals surface area (Å²) in [6.45, 7) is 1.89. The van der Waals surface area contributed by atoms with Gasteiger partial charge in [-0.1, -0.05) is 0 Å². The van der Waals surface area contributed by atoms with Crippen molar-refractivity contribution < 1.29 is 17.9 Å². The molecule has 0 aliphatic carbocycles. The predicted octanol–water partition coefficient (Wildman–Crippen LogP) is -1.28. The van der Waals surface area contributed by atoms with Crippen molar-refractivity contribution in [3.05, 3.63) is 18.0 Å². The molecule has 10 heteroatoms. The minimum atomic E-state index is -3.52. The number of hydrogen-bond donors (Lipinski definition) is 0. The number of likely N-dealkylation sites (N-methyl/N-ethyl adjacent to an activating group) is 1. The summed E-state index contributed by atoms with van der Waals surface area (Å²) in [7, 11) is 1.60. The van der Waals surface area contributed by atoms with E-state index in [-0.39, 0.29) is 37.0 Å². The van der Waals surface area contributed by atoms with Gasteiger partial charge in [-0.05, 0) is 0 Å². The van der Waals surface area contributed by atoms with Gasteiger partial charge in [0.05, 0.1) is 37.2 Å². The summed E-state index contributed by atoms with van der Waals surface area (Å²) < 4.78 is 34.1. The topological polar surface area (TPSA) is 88.0 Å². The van der Waals surface area contributed by atoms with E-state index in [1.165, 1.54) is 9.21 Å². The van der Waals surface area contributed by atoms with Gasteiger partial charge in [0.25, 0.3) is 0 Å². The zero-order valence-corrected chi connectivity index (χ0v) is 15.6. The maximum absolute atomic E-state index is 12.6. The van der Waals surface area contributed by atoms with Gasteiger partial charge in [0, 0.05) is 52.5 Å². The molecule has 0 bridgehead atoms. The van der Waals surface area contributed by atoms with Crippen LogP contribution in [0.2, 0.25) is 0 Å². The molecule has 2 aliphatic rings. The fourth-order valence-corrected chi connectivity index (χ4v) is 4.80. The van der Waals surface area contributed by atoms with Crippen LogP contribution < -0.4 is 0 Å². The third-order valence-corrected chi connectivity index (χ3v) is 6.46. The first-order valence-electron chi connectivity index (χ1n) is 8.27. The molecule has 25 heavy (non-hydrogen) atoms. The molecule has 140 valence electrons. The van der Waals surface area contributed by atoms with E-state index in [4.69, 9.17) is 4.74 Å². The maximum atomic E-state index is 12.6. The lowest BCUT2D eigenvalue weighted by Crippen LogP contribution is -2.50. The van der Waals surface area contributed by atoms with E-state index in [0.29, 0.717) is 19.6 Å². The van der Waals surface area contributed by atoms with Crippen LogP contribution >= 0.6 is 0 Å². The molecule has 0 radical (unpaired) electrons. The van der Waals surface area contributed by atoms with Gasteiger partial charge in [-0.3, -0.25) is 14.4 Å². The number of sulfonamides is 1. The van der Waals surface area contributed by atoms with E-state index in [0.717, 1.165) is 5.56 Å². The Hall–Kier alpha value is -1.49. The van der Waals surface area contributed by atoms with Crippen LogP contribution in [0.5, 0.6) is 0 Å². The molecule has 9 nitrogen and oxygen atoms in total. The van der Waals surface area contributed by atoms with Crippen molar-refractivity contribution >= 4 is 15.9 Å². The number of aryl methyl sites for hydroxylation is 1. The normalized spacial score (nSPS) is 27.0. The van der Waals surface area contributed by atoms with Crippen LogP contribution in [0.15, 0.2) is 12.4 Å². The molecule has 0 aromatic carbocycles. The SMILES string of the molecule is CN(C)C(=O)CN1[C@@H]2CN(Cc3cnn(C)c3)C[C@@H]2OCCS1(=O)=O. The van der Waals surface area contributed by atoms with Gasteiger partial charge in [0.2, 0.25) is 15.9 Å². The van der Waals surface area contributed by atoms with Crippen LogP contribution in [0.3, 0.4) is 0 Å². The number of hydrogen-bond acceptors (Lipinski definition) is 6. The molecule has 1 amide bonds. The van der Waals surface area contributed by atoms with Crippen molar-refractivity contribution in [3.63, 3.8) is 0 Å². The quantitative estimate of drug-likeness (QED) is 0.655. The Kier molecular flexibility index (Phi) is 5.14. The van der Waals surface area contributed by atoms with Crippen LogP contribution in [0.4, 0.5) is 0 Å². The van der Waals surface area contributed by atoms with E-state index in [2.05, 4.69) is 10.00 Å². The summed E-state index contributed by atoms with van der Waals surface area (Å²) in [5.41, 5.74) is 1.07. The monoisotopic (exact) mass is 371 g/mol. The Bertz CT molecular complexity index is 732. The van der Waals surface area contributed by atoms with Crippen molar-refractivity contribution in [1.29, 1.82) is 0 Å². The maximum Gasteiger partial charge on any atom is 0.237 e. The molecule has 1 aromatic rings. The second-order valence-corrected chi connectivity index (χ2v) is 8.88. The average Bonchev–Trinajstić information content (AvgIpc) is 3.08. The molecule has 2 atom stereocenters. The molecular formula is C15H25N5O4S. The number of carbonyl (C=O) groups excluding carboxylic acids is 1. The molecule has 2 saturated heterocycles. The lowest BCUT2D eigenvalue weighted by Gasteiger charge is -2.28. The Labute approximate surface area is 148 Å². The highest BCUT2D eigenvalue weighted by Crippen LogP contribution is 2.26. The van der Waals surface area contributed by atoms with E-state index < -0.39 is 10.0 Å². The Balaban J connectivity index is 1.77. The first-order valence-corrected chi connectivity index (χ1v) is 9.88. The number of carbonyl (C=O) groups is 1. The van der Waals surface area contributed by atoms with Crippen molar-refractivity contribution in [3.8, 4) is 0 Å². The standard InChI is InChI=1S/C15H25N5O4S/c1-17(2)15(21)11-20-13-9-19(8-12-6-16-18(3)7-12)10-14(13)24-4-5-25(20,22)23/h6-7,13-14H,4-5,8-11H2,1-3H3/t13-,14+/m1/s1. The fourth-order valence-electron chi connectivity index (χ4n) is 3.33. The number of nitrogens with zero attached hydrogens (tertiary/aromatic N) is 5. The third-order valence-electron chi connectivity index (χ3n) is 4.67. The van der Waals surface area contributed by atoms with Crippen molar-refractivity contribution in [2.45, 2.75) is 18.7 Å². The van der Waals surface area contributed by atoms with E-state index in [9.17, 15) is 13.2 Å². The molecule has 0 unspecified atom stereocenters. The first-order chi connectivity index (χ1) is 11.8. The summed E-state index contributed by atoms with van der Waals surface area (Å²) >= 11 is 0. The van der Waals surface area contributed by atoms with Crippen LogP contribution in [-0.4, -0.2) is 96.4 Å².